The van der Waals surface area contributed by atoms with Crippen LogP contribution in [0.5, 0.6) is 0 Å². The number of nitrogens with one attached hydrogen (secondary N) is 1. The molecule has 0 bridgehead atoms. The Labute approximate surface area is 137 Å². The molecular weight excluding hydrogens is 286 g/mol. The summed E-state index contributed by atoms with van der Waals surface area (Å²) < 4.78 is 0. The number of nitrogens with zero attached hydrogens (tertiary/aromatic N) is 4. The zero-order chi connectivity index (χ0) is 15.5. The SMILES string of the molecule is c1cncc(CN2CCCC(Nc3ccnc(C4CC4)n3)C2)c1. The van der Waals surface area contributed by atoms with Gasteiger partial charge in [0.25, 0.3) is 0 Å². The molecule has 4 rings (SSSR count). The molecule has 1 aliphatic heterocycles. The maximum absolute atomic E-state index is 4.69. The molecule has 2 fully saturated rings. The van der Waals surface area contributed by atoms with Crippen LogP contribution < -0.4 is 5.32 Å². The first-order valence-electron chi connectivity index (χ1n) is 8.57. The summed E-state index contributed by atoms with van der Waals surface area (Å²) in [7, 11) is 0. The number of aromatic nitrogens is 3. The van der Waals surface area contributed by atoms with Gasteiger partial charge in [-0.15, -0.1) is 0 Å². The Morgan fingerprint density at radius 3 is 2.96 bits per heavy atom. The first kappa shape index (κ1) is 14.6. The molecule has 1 unspecified atom stereocenters. The van der Waals surface area contributed by atoms with Crippen LogP contribution in [0.2, 0.25) is 0 Å². The van der Waals surface area contributed by atoms with E-state index in [-0.39, 0.29) is 0 Å². The van der Waals surface area contributed by atoms with Crippen LogP contribution in [-0.2, 0) is 6.54 Å². The van der Waals surface area contributed by atoms with E-state index in [2.05, 4.69) is 31.2 Å². The summed E-state index contributed by atoms with van der Waals surface area (Å²) in [5, 5.41) is 3.61. The Bertz CT molecular complexity index is 641. The number of rotatable bonds is 5. The van der Waals surface area contributed by atoms with E-state index in [4.69, 9.17) is 0 Å². The molecule has 23 heavy (non-hydrogen) atoms. The summed E-state index contributed by atoms with van der Waals surface area (Å²) in [4.78, 5) is 15.8. The van der Waals surface area contributed by atoms with Crippen molar-refractivity contribution >= 4 is 5.82 Å². The molecule has 2 aromatic heterocycles. The first-order chi connectivity index (χ1) is 11.4. The van der Waals surface area contributed by atoms with Crippen LogP contribution in [0.25, 0.3) is 0 Å². The Hall–Kier alpha value is -2.01. The second kappa shape index (κ2) is 6.62. The maximum Gasteiger partial charge on any atom is 0.133 e. The smallest absolute Gasteiger partial charge is 0.133 e. The molecule has 2 aliphatic rings. The first-order valence-corrected chi connectivity index (χ1v) is 8.57. The lowest BCUT2D eigenvalue weighted by molar-refractivity contribution is 0.208. The largest absolute Gasteiger partial charge is 0.366 e. The summed E-state index contributed by atoms with van der Waals surface area (Å²) in [5.74, 6) is 2.60. The van der Waals surface area contributed by atoms with Crippen molar-refractivity contribution in [3.05, 3.63) is 48.2 Å². The fourth-order valence-corrected chi connectivity index (χ4v) is 3.27. The van der Waals surface area contributed by atoms with Crippen LogP contribution >= 0.6 is 0 Å². The van der Waals surface area contributed by atoms with Gasteiger partial charge in [0.1, 0.15) is 11.6 Å². The lowest BCUT2D eigenvalue weighted by Gasteiger charge is -2.33. The van der Waals surface area contributed by atoms with E-state index in [1.807, 2.05) is 30.7 Å². The fourth-order valence-electron chi connectivity index (χ4n) is 3.27. The van der Waals surface area contributed by atoms with E-state index in [1.54, 1.807) is 0 Å². The topological polar surface area (TPSA) is 53.9 Å². The minimum Gasteiger partial charge on any atom is -0.366 e. The van der Waals surface area contributed by atoms with Crippen molar-refractivity contribution in [3.8, 4) is 0 Å². The van der Waals surface area contributed by atoms with Crippen molar-refractivity contribution in [2.45, 2.75) is 44.2 Å². The minimum atomic E-state index is 0.461. The van der Waals surface area contributed by atoms with Crippen LogP contribution in [0.4, 0.5) is 5.82 Å². The monoisotopic (exact) mass is 309 g/mol. The maximum atomic E-state index is 4.69. The van der Waals surface area contributed by atoms with E-state index in [0.717, 1.165) is 31.3 Å². The van der Waals surface area contributed by atoms with Gasteiger partial charge in [0.15, 0.2) is 0 Å². The predicted octanol–water partition coefficient (Wildman–Crippen LogP) is 2.83. The lowest BCUT2D eigenvalue weighted by atomic mass is 10.1. The Morgan fingerprint density at radius 2 is 2.13 bits per heavy atom. The van der Waals surface area contributed by atoms with Crippen molar-refractivity contribution in [3.63, 3.8) is 0 Å². The van der Waals surface area contributed by atoms with Crippen molar-refractivity contribution in [2.75, 3.05) is 18.4 Å². The van der Waals surface area contributed by atoms with Gasteiger partial charge < -0.3 is 5.32 Å². The van der Waals surface area contributed by atoms with E-state index >= 15 is 0 Å². The van der Waals surface area contributed by atoms with Gasteiger partial charge in [-0.25, -0.2) is 9.97 Å². The molecule has 120 valence electrons. The number of likely N-dealkylation sites (tertiary alicyclic amines) is 1. The average Bonchev–Trinajstić information content (AvgIpc) is 3.41. The van der Waals surface area contributed by atoms with Gasteiger partial charge in [0.05, 0.1) is 0 Å². The highest BCUT2D eigenvalue weighted by Gasteiger charge is 2.27. The van der Waals surface area contributed by atoms with Crippen molar-refractivity contribution in [1.29, 1.82) is 0 Å². The number of hydrogen-bond acceptors (Lipinski definition) is 5. The number of piperidine rings is 1. The zero-order valence-corrected chi connectivity index (χ0v) is 13.4. The molecule has 0 amide bonds. The van der Waals surface area contributed by atoms with E-state index in [1.165, 1.54) is 31.2 Å². The fraction of sp³-hybridized carbons (Fsp3) is 0.500. The molecule has 0 spiro atoms. The Kier molecular flexibility index (Phi) is 4.20. The van der Waals surface area contributed by atoms with Gasteiger partial charge in [-0.3, -0.25) is 9.88 Å². The molecule has 1 aliphatic carbocycles. The third-order valence-electron chi connectivity index (χ3n) is 4.60. The zero-order valence-electron chi connectivity index (χ0n) is 13.4. The van der Waals surface area contributed by atoms with Crippen LogP contribution in [0.15, 0.2) is 36.8 Å². The van der Waals surface area contributed by atoms with E-state index in [9.17, 15) is 0 Å². The standard InChI is InChI=1S/C18H23N5/c1-3-14(11-19-8-1)12-23-10-2-4-16(13-23)21-17-7-9-20-18(22-17)15-5-6-15/h1,3,7-9,11,15-16H,2,4-6,10,12-13H2,(H,20,21,22). The highest BCUT2D eigenvalue weighted by atomic mass is 15.2. The molecule has 3 heterocycles. The summed E-state index contributed by atoms with van der Waals surface area (Å²) in [6, 6.07) is 6.61. The third-order valence-corrected chi connectivity index (χ3v) is 4.60. The third kappa shape index (κ3) is 3.85. The Morgan fingerprint density at radius 1 is 1.17 bits per heavy atom. The van der Waals surface area contributed by atoms with E-state index < -0.39 is 0 Å². The summed E-state index contributed by atoms with van der Waals surface area (Å²) >= 11 is 0. The summed E-state index contributed by atoms with van der Waals surface area (Å²) in [5.41, 5.74) is 1.28. The molecule has 1 atom stereocenters. The van der Waals surface area contributed by atoms with Crippen molar-refractivity contribution < 1.29 is 0 Å². The molecule has 1 saturated heterocycles. The quantitative estimate of drug-likeness (QED) is 0.920. The predicted molar refractivity (Wildman–Crippen MR) is 90.2 cm³/mol. The number of anilines is 1. The molecule has 0 radical (unpaired) electrons. The lowest BCUT2D eigenvalue weighted by Crippen LogP contribution is -2.41. The molecule has 1 N–H and O–H groups in total. The summed E-state index contributed by atoms with van der Waals surface area (Å²) in [6.45, 7) is 3.19. The van der Waals surface area contributed by atoms with Gasteiger partial charge in [-0.2, -0.15) is 0 Å². The van der Waals surface area contributed by atoms with Gasteiger partial charge in [0.2, 0.25) is 0 Å². The molecular formula is C18H23N5. The molecule has 0 aromatic carbocycles. The molecule has 5 heteroatoms. The van der Waals surface area contributed by atoms with Crippen LogP contribution in [0.3, 0.4) is 0 Å². The highest BCUT2D eigenvalue weighted by molar-refractivity contribution is 5.35. The average molecular weight is 309 g/mol. The number of hydrogen-bond donors (Lipinski definition) is 1. The van der Waals surface area contributed by atoms with Crippen molar-refractivity contribution in [2.24, 2.45) is 0 Å². The van der Waals surface area contributed by atoms with Crippen LogP contribution in [-0.4, -0.2) is 39.0 Å². The van der Waals surface area contributed by atoms with E-state index in [0.29, 0.717) is 12.0 Å². The highest BCUT2D eigenvalue weighted by Crippen LogP contribution is 2.38. The van der Waals surface area contributed by atoms with Gasteiger partial charge in [-0.05, 0) is 49.9 Å². The minimum absolute atomic E-state index is 0.461. The van der Waals surface area contributed by atoms with Crippen LogP contribution in [0, 0.1) is 0 Å². The van der Waals surface area contributed by atoms with Gasteiger partial charge >= 0.3 is 0 Å². The van der Waals surface area contributed by atoms with Gasteiger partial charge in [-0.1, -0.05) is 6.07 Å². The van der Waals surface area contributed by atoms with Gasteiger partial charge in [0, 0.05) is 43.6 Å². The summed E-state index contributed by atoms with van der Waals surface area (Å²) in [6.07, 6.45) is 10.6. The Balaban J connectivity index is 1.36. The molecule has 2 aromatic rings. The molecule has 1 saturated carbocycles. The number of pyridine rings is 1. The van der Waals surface area contributed by atoms with Crippen molar-refractivity contribution in [1.82, 2.24) is 19.9 Å². The molecule has 5 nitrogen and oxygen atoms in total. The van der Waals surface area contributed by atoms with Crippen LogP contribution in [0.1, 0.15) is 43.0 Å². The normalized spacial score (nSPS) is 22.0. The second-order valence-corrected chi connectivity index (χ2v) is 6.65. The second-order valence-electron chi connectivity index (χ2n) is 6.65.